The molecule has 0 saturated heterocycles. The number of hydrogen-bond acceptors (Lipinski definition) is 7. The van der Waals surface area contributed by atoms with Gasteiger partial charge in [0.1, 0.15) is 17.2 Å². The minimum atomic E-state index is -0.619. The van der Waals surface area contributed by atoms with E-state index in [1.165, 1.54) is 49.6 Å². The average Bonchev–Trinajstić information content (AvgIpc) is 2.75. The van der Waals surface area contributed by atoms with Gasteiger partial charge in [-0.05, 0) is 66.7 Å². The number of aromatic hydroxyl groups is 1. The van der Waals surface area contributed by atoms with E-state index in [-0.39, 0.29) is 22.8 Å². The number of methoxy groups -OCH3 is 2. The summed E-state index contributed by atoms with van der Waals surface area (Å²) in [5.41, 5.74) is 0.595. The van der Waals surface area contributed by atoms with Crippen molar-refractivity contribution in [1.29, 1.82) is 0 Å². The molecule has 3 aromatic carbocycles. The standard InChI is InChI=1S/C22H18O7/c1-26-16-6-3-14(4-7-16)21(24)28-17-8-10-18(11-9-17)29-22(25)15-5-12-19(23)20(13-15)27-2/h3-13,23H,1-2H3. The summed E-state index contributed by atoms with van der Waals surface area (Å²) < 4.78 is 20.6. The zero-order valence-corrected chi connectivity index (χ0v) is 15.7. The number of carbonyl (C=O) groups excluding carboxylic acids is 2. The maximum Gasteiger partial charge on any atom is 0.343 e. The smallest absolute Gasteiger partial charge is 0.343 e. The molecule has 3 aromatic rings. The van der Waals surface area contributed by atoms with Crippen LogP contribution in [0.25, 0.3) is 0 Å². The predicted octanol–water partition coefficient (Wildman–Crippen LogP) is 3.85. The van der Waals surface area contributed by atoms with Crippen LogP contribution in [0.2, 0.25) is 0 Å². The van der Waals surface area contributed by atoms with Crippen molar-refractivity contribution in [3.05, 3.63) is 77.9 Å². The molecule has 0 saturated carbocycles. The van der Waals surface area contributed by atoms with Crippen molar-refractivity contribution in [2.45, 2.75) is 0 Å². The lowest BCUT2D eigenvalue weighted by molar-refractivity contribution is 0.0719. The normalized spacial score (nSPS) is 10.1. The Bertz CT molecular complexity index is 1010. The molecule has 0 aliphatic rings. The van der Waals surface area contributed by atoms with E-state index in [0.717, 1.165) is 0 Å². The van der Waals surface area contributed by atoms with E-state index in [4.69, 9.17) is 18.9 Å². The van der Waals surface area contributed by atoms with Gasteiger partial charge in [0.15, 0.2) is 11.5 Å². The van der Waals surface area contributed by atoms with Gasteiger partial charge in [0, 0.05) is 0 Å². The minimum Gasteiger partial charge on any atom is -0.504 e. The molecule has 0 aromatic heterocycles. The second-order valence-corrected chi connectivity index (χ2v) is 5.87. The third kappa shape index (κ3) is 4.84. The third-order valence-electron chi connectivity index (χ3n) is 3.99. The van der Waals surface area contributed by atoms with Crippen LogP contribution in [0.15, 0.2) is 66.7 Å². The van der Waals surface area contributed by atoms with Crippen molar-refractivity contribution in [3.63, 3.8) is 0 Å². The summed E-state index contributed by atoms with van der Waals surface area (Å²) in [4.78, 5) is 24.4. The van der Waals surface area contributed by atoms with Crippen LogP contribution in [-0.2, 0) is 0 Å². The van der Waals surface area contributed by atoms with E-state index in [9.17, 15) is 14.7 Å². The molecule has 0 bridgehead atoms. The van der Waals surface area contributed by atoms with Gasteiger partial charge in [-0.25, -0.2) is 9.59 Å². The molecule has 0 aliphatic heterocycles. The van der Waals surface area contributed by atoms with Crippen LogP contribution < -0.4 is 18.9 Å². The van der Waals surface area contributed by atoms with Crippen LogP contribution in [0.3, 0.4) is 0 Å². The Morgan fingerprint density at radius 1 is 0.655 bits per heavy atom. The number of esters is 2. The molecular weight excluding hydrogens is 376 g/mol. The molecular formula is C22H18O7. The van der Waals surface area contributed by atoms with Crippen LogP contribution >= 0.6 is 0 Å². The first-order chi connectivity index (χ1) is 14.0. The predicted molar refractivity (Wildman–Crippen MR) is 104 cm³/mol. The molecule has 0 heterocycles. The number of phenols is 1. The van der Waals surface area contributed by atoms with E-state index < -0.39 is 11.9 Å². The summed E-state index contributed by atoms with van der Waals surface area (Å²) in [7, 11) is 2.93. The van der Waals surface area contributed by atoms with E-state index in [0.29, 0.717) is 17.1 Å². The second-order valence-electron chi connectivity index (χ2n) is 5.87. The van der Waals surface area contributed by atoms with Crippen molar-refractivity contribution in [2.75, 3.05) is 14.2 Å². The molecule has 0 aliphatic carbocycles. The maximum atomic E-state index is 12.2. The number of carbonyl (C=O) groups is 2. The Morgan fingerprint density at radius 3 is 1.66 bits per heavy atom. The fourth-order valence-corrected chi connectivity index (χ4v) is 2.44. The Hall–Kier alpha value is -4.00. The highest BCUT2D eigenvalue weighted by Gasteiger charge is 2.13. The summed E-state index contributed by atoms with van der Waals surface area (Å²) in [6, 6.07) is 16.7. The quantitative estimate of drug-likeness (QED) is 0.502. The molecule has 0 unspecified atom stereocenters. The lowest BCUT2D eigenvalue weighted by Crippen LogP contribution is -2.09. The lowest BCUT2D eigenvalue weighted by Gasteiger charge is -2.08. The highest BCUT2D eigenvalue weighted by Crippen LogP contribution is 2.27. The molecule has 3 rings (SSSR count). The minimum absolute atomic E-state index is 0.0768. The van der Waals surface area contributed by atoms with Crippen molar-refractivity contribution in [3.8, 4) is 28.7 Å². The Labute approximate surface area is 167 Å². The first-order valence-corrected chi connectivity index (χ1v) is 8.55. The second kappa shape index (κ2) is 8.79. The Balaban J connectivity index is 1.63. The number of rotatable bonds is 6. The monoisotopic (exact) mass is 394 g/mol. The van der Waals surface area contributed by atoms with E-state index in [1.807, 2.05) is 0 Å². The first kappa shape index (κ1) is 19.8. The lowest BCUT2D eigenvalue weighted by atomic mass is 10.2. The summed E-state index contributed by atoms with van der Waals surface area (Å²) in [5, 5.41) is 9.59. The van der Waals surface area contributed by atoms with Gasteiger partial charge in [0.2, 0.25) is 0 Å². The van der Waals surface area contributed by atoms with Crippen LogP contribution in [0.4, 0.5) is 0 Å². The van der Waals surface area contributed by atoms with Crippen LogP contribution in [0.1, 0.15) is 20.7 Å². The van der Waals surface area contributed by atoms with Gasteiger partial charge in [-0.2, -0.15) is 0 Å². The van der Waals surface area contributed by atoms with Crippen molar-refractivity contribution < 1.29 is 33.6 Å². The fourth-order valence-electron chi connectivity index (χ4n) is 2.44. The highest BCUT2D eigenvalue weighted by atomic mass is 16.5. The van der Waals surface area contributed by atoms with Gasteiger partial charge in [-0.1, -0.05) is 0 Å². The summed E-state index contributed by atoms with van der Waals surface area (Å²) in [6.45, 7) is 0. The van der Waals surface area contributed by atoms with Gasteiger partial charge >= 0.3 is 11.9 Å². The number of hydrogen-bond donors (Lipinski definition) is 1. The molecule has 0 radical (unpaired) electrons. The van der Waals surface area contributed by atoms with Crippen molar-refractivity contribution >= 4 is 11.9 Å². The van der Waals surface area contributed by atoms with E-state index in [2.05, 4.69) is 0 Å². The van der Waals surface area contributed by atoms with Gasteiger partial charge in [-0.15, -0.1) is 0 Å². The fraction of sp³-hybridized carbons (Fsp3) is 0.0909. The molecule has 1 N–H and O–H groups in total. The van der Waals surface area contributed by atoms with Crippen molar-refractivity contribution in [2.24, 2.45) is 0 Å². The largest absolute Gasteiger partial charge is 0.504 e. The van der Waals surface area contributed by atoms with Gasteiger partial charge in [0.05, 0.1) is 25.3 Å². The molecule has 0 fully saturated rings. The van der Waals surface area contributed by atoms with Crippen LogP contribution in [-0.4, -0.2) is 31.3 Å². The van der Waals surface area contributed by atoms with Gasteiger partial charge in [-0.3, -0.25) is 0 Å². The number of ether oxygens (including phenoxy) is 4. The molecule has 7 nitrogen and oxygen atoms in total. The summed E-state index contributed by atoms with van der Waals surface area (Å²) >= 11 is 0. The number of phenolic OH excluding ortho intramolecular Hbond substituents is 1. The Morgan fingerprint density at radius 2 is 1.14 bits per heavy atom. The zero-order valence-electron chi connectivity index (χ0n) is 15.7. The first-order valence-electron chi connectivity index (χ1n) is 8.55. The Kier molecular flexibility index (Phi) is 5.99. The maximum absolute atomic E-state index is 12.2. The van der Waals surface area contributed by atoms with Gasteiger partial charge < -0.3 is 24.1 Å². The SMILES string of the molecule is COc1ccc(C(=O)Oc2ccc(OC(=O)c3ccc(O)c(OC)c3)cc2)cc1. The van der Waals surface area contributed by atoms with Gasteiger partial charge in [0.25, 0.3) is 0 Å². The van der Waals surface area contributed by atoms with Crippen LogP contribution in [0.5, 0.6) is 28.7 Å². The highest BCUT2D eigenvalue weighted by molar-refractivity contribution is 5.92. The van der Waals surface area contributed by atoms with Crippen molar-refractivity contribution in [1.82, 2.24) is 0 Å². The summed E-state index contributed by atoms with van der Waals surface area (Å²) in [6.07, 6.45) is 0. The summed E-state index contributed by atoms with van der Waals surface area (Å²) in [5.74, 6) is 0.161. The van der Waals surface area contributed by atoms with Crippen LogP contribution in [0, 0.1) is 0 Å². The zero-order chi connectivity index (χ0) is 20.8. The molecule has 7 heteroatoms. The molecule has 0 amide bonds. The molecule has 148 valence electrons. The topological polar surface area (TPSA) is 91.3 Å². The van der Waals surface area contributed by atoms with E-state index >= 15 is 0 Å². The molecule has 29 heavy (non-hydrogen) atoms. The third-order valence-corrected chi connectivity index (χ3v) is 3.99. The average molecular weight is 394 g/mol. The number of benzene rings is 3. The van der Waals surface area contributed by atoms with E-state index in [1.54, 1.807) is 31.4 Å². The molecule has 0 atom stereocenters. The molecule has 0 spiro atoms.